The molecule has 1 N–H and O–H groups in total. The van der Waals surface area contributed by atoms with E-state index < -0.39 is 0 Å². The molecule has 1 atom stereocenters. The van der Waals surface area contributed by atoms with Crippen LogP contribution in [0.1, 0.15) is 20.3 Å². The van der Waals surface area contributed by atoms with E-state index in [9.17, 15) is 4.79 Å². The van der Waals surface area contributed by atoms with Crippen LogP contribution in [0.25, 0.3) is 0 Å². The predicted molar refractivity (Wildman–Crippen MR) is 64.3 cm³/mol. The summed E-state index contributed by atoms with van der Waals surface area (Å²) in [6.07, 6.45) is 4.51. The summed E-state index contributed by atoms with van der Waals surface area (Å²) in [4.78, 5) is 13.7. The van der Waals surface area contributed by atoms with Gasteiger partial charge in [-0.3, -0.25) is 9.69 Å². The molecule has 0 aliphatic carbocycles. The Bertz CT molecular complexity index is 235. The Morgan fingerprint density at radius 3 is 2.81 bits per heavy atom. The number of nitrogens with one attached hydrogen (secondary N) is 1. The molecular formula is C12H22N2O2. The van der Waals surface area contributed by atoms with Crippen LogP contribution in [0.15, 0.2) is 12.2 Å². The average molecular weight is 226 g/mol. The maximum absolute atomic E-state index is 11.4. The highest BCUT2D eigenvalue weighted by Crippen LogP contribution is 1.96. The normalized spacial score (nSPS) is 19.9. The van der Waals surface area contributed by atoms with E-state index in [1.807, 2.05) is 13.0 Å². The monoisotopic (exact) mass is 226 g/mol. The molecule has 1 unspecified atom stereocenters. The van der Waals surface area contributed by atoms with Gasteiger partial charge in [-0.05, 0) is 13.3 Å². The first-order valence-electron chi connectivity index (χ1n) is 5.99. The van der Waals surface area contributed by atoms with E-state index >= 15 is 0 Å². The molecule has 0 saturated carbocycles. The lowest BCUT2D eigenvalue weighted by atomic mass is 10.2. The molecule has 0 aromatic carbocycles. The number of morpholine rings is 1. The fraction of sp³-hybridized carbons (Fsp3) is 0.750. The smallest absolute Gasteiger partial charge is 0.243 e. The molecular weight excluding hydrogens is 204 g/mol. The highest BCUT2D eigenvalue weighted by molar-refractivity contribution is 5.87. The zero-order valence-electron chi connectivity index (χ0n) is 10.2. The van der Waals surface area contributed by atoms with E-state index in [2.05, 4.69) is 17.1 Å². The third-order valence-corrected chi connectivity index (χ3v) is 2.74. The second-order valence-corrected chi connectivity index (χ2v) is 4.13. The number of amides is 1. The fourth-order valence-corrected chi connectivity index (χ4v) is 1.49. The highest BCUT2D eigenvalue weighted by Gasteiger charge is 2.08. The van der Waals surface area contributed by atoms with Gasteiger partial charge in [-0.1, -0.05) is 13.0 Å². The van der Waals surface area contributed by atoms with Crippen LogP contribution >= 0.6 is 0 Å². The summed E-state index contributed by atoms with van der Waals surface area (Å²) < 4.78 is 5.25. The van der Waals surface area contributed by atoms with E-state index in [1.54, 1.807) is 6.08 Å². The van der Waals surface area contributed by atoms with Crippen molar-refractivity contribution < 1.29 is 9.53 Å². The van der Waals surface area contributed by atoms with Crippen molar-refractivity contribution in [2.75, 3.05) is 32.8 Å². The molecule has 92 valence electrons. The minimum Gasteiger partial charge on any atom is -0.379 e. The van der Waals surface area contributed by atoms with Gasteiger partial charge in [0.1, 0.15) is 0 Å². The summed E-state index contributed by atoms with van der Waals surface area (Å²) in [6.45, 7) is 8.40. The van der Waals surface area contributed by atoms with Crippen LogP contribution in [0.4, 0.5) is 0 Å². The molecule has 0 aromatic heterocycles. The first kappa shape index (κ1) is 13.2. The highest BCUT2D eigenvalue weighted by atomic mass is 16.5. The molecule has 1 amide bonds. The van der Waals surface area contributed by atoms with Crippen LogP contribution < -0.4 is 5.32 Å². The third kappa shape index (κ3) is 5.28. The Labute approximate surface area is 97.6 Å². The van der Waals surface area contributed by atoms with E-state index in [0.717, 1.165) is 39.3 Å². The van der Waals surface area contributed by atoms with Crippen LogP contribution in [0.2, 0.25) is 0 Å². The lowest BCUT2D eigenvalue weighted by molar-refractivity contribution is -0.117. The van der Waals surface area contributed by atoms with Crippen LogP contribution in [0.3, 0.4) is 0 Å². The standard InChI is InChI=1S/C12H22N2O2/c1-3-11(2)13-12(15)5-4-6-14-7-9-16-10-8-14/h4-5,11H,3,6-10H2,1-2H3,(H,13,15)/b5-4+. The number of carbonyl (C=O) groups is 1. The summed E-state index contributed by atoms with van der Waals surface area (Å²) >= 11 is 0. The Balaban J connectivity index is 2.17. The van der Waals surface area contributed by atoms with Crippen molar-refractivity contribution in [1.82, 2.24) is 10.2 Å². The molecule has 4 nitrogen and oxygen atoms in total. The zero-order valence-corrected chi connectivity index (χ0v) is 10.2. The molecule has 1 aliphatic heterocycles. The van der Waals surface area contributed by atoms with E-state index in [1.165, 1.54) is 0 Å². The maximum atomic E-state index is 11.4. The van der Waals surface area contributed by atoms with Crippen molar-refractivity contribution in [2.24, 2.45) is 0 Å². The van der Waals surface area contributed by atoms with Gasteiger partial charge in [0.05, 0.1) is 13.2 Å². The largest absolute Gasteiger partial charge is 0.379 e. The number of hydrogen-bond acceptors (Lipinski definition) is 3. The van der Waals surface area contributed by atoms with Crippen LogP contribution in [-0.4, -0.2) is 49.7 Å². The van der Waals surface area contributed by atoms with Gasteiger partial charge in [0.2, 0.25) is 5.91 Å². The third-order valence-electron chi connectivity index (χ3n) is 2.74. The number of nitrogens with zero attached hydrogens (tertiary/aromatic N) is 1. The van der Waals surface area contributed by atoms with E-state index in [0.29, 0.717) is 0 Å². The molecule has 1 rings (SSSR count). The first-order valence-corrected chi connectivity index (χ1v) is 5.99. The second kappa shape index (κ2) is 7.41. The van der Waals surface area contributed by atoms with Crippen molar-refractivity contribution in [3.05, 3.63) is 12.2 Å². The summed E-state index contributed by atoms with van der Waals surface area (Å²) in [5, 5.41) is 2.90. The van der Waals surface area contributed by atoms with Gasteiger partial charge in [0.25, 0.3) is 0 Å². The lowest BCUT2D eigenvalue weighted by Gasteiger charge is -2.25. The summed E-state index contributed by atoms with van der Waals surface area (Å²) in [7, 11) is 0. The Kier molecular flexibility index (Phi) is 6.11. The Morgan fingerprint density at radius 2 is 2.19 bits per heavy atom. The van der Waals surface area contributed by atoms with Gasteiger partial charge < -0.3 is 10.1 Å². The molecule has 0 spiro atoms. The summed E-state index contributed by atoms with van der Waals surface area (Å²) in [5.74, 6) is 0.00242. The number of rotatable bonds is 5. The molecule has 1 saturated heterocycles. The van der Waals surface area contributed by atoms with Gasteiger partial charge in [-0.25, -0.2) is 0 Å². The van der Waals surface area contributed by atoms with Crippen LogP contribution in [0.5, 0.6) is 0 Å². The van der Waals surface area contributed by atoms with E-state index in [-0.39, 0.29) is 11.9 Å². The molecule has 0 radical (unpaired) electrons. The van der Waals surface area contributed by atoms with E-state index in [4.69, 9.17) is 4.74 Å². The van der Waals surface area contributed by atoms with Gasteiger partial charge in [0.15, 0.2) is 0 Å². The van der Waals surface area contributed by atoms with Crippen molar-refractivity contribution >= 4 is 5.91 Å². The minimum absolute atomic E-state index is 0.00242. The molecule has 1 fully saturated rings. The van der Waals surface area contributed by atoms with Crippen molar-refractivity contribution in [2.45, 2.75) is 26.3 Å². The average Bonchev–Trinajstić information content (AvgIpc) is 2.30. The number of carbonyl (C=O) groups excluding carboxylic acids is 1. The van der Waals surface area contributed by atoms with Crippen LogP contribution in [-0.2, 0) is 9.53 Å². The molecule has 16 heavy (non-hydrogen) atoms. The molecule has 1 heterocycles. The van der Waals surface area contributed by atoms with Gasteiger partial charge in [0, 0.05) is 31.8 Å². The minimum atomic E-state index is 0.00242. The van der Waals surface area contributed by atoms with Crippen molar-refractivity contribution in [3.8, 4) is 0 Å². The molecule has 0 aromatic rings. The Hall–Kier alpha value is -0.870. The summed E-state index contributed by atoms with van der Waals surface area (Å²) in [6, 6.07) is 0.250. The Morgan fingerprint density at radius 1 is 1.50 bits per heavy atom. The topological polar surface area (TPSA) is 41.6 Å². The zero-order chi connectivity index (χ0) is 11.8. The number of ether oxygens (including phenoxy) is 1. The summed E-state index contributed by atoms with van der Waals surface area (Å²) in [5.41, 5.74) is 0. The lowest BCUT2D eigenvalue weighted by Crippen LogP contribution is -2.36. The molecule has 1 aliphatic rings. The van der Waals surface area contributed by atoms with Crippen molar-refractivity contribution in [3.63, 3.8) is 0 Å². The van der Waals surface area contributed by atoms with Gasteiger partial charge in [-0.15, -0.1) is 0 Å². The van der Waals surface area contributed by atoms with Gasteiger partial charge >= 0.3 is 0 Å². The SMILES string of the molecule is CCC(C)NC(=O)/C=C/CN1CCOCC1. The molecule has 0 bridgehead atoms. The van der Waals surface area contributed by atoms with Gasteiger partial charge in [-0.2, -0.15) is 0 Å². The first-order chi connectivity index (χ1) is 7.72. The quantitative estimate of drug-likeness (QED) is 0.705. The van der Waals surface area contributed by atoms with Crippen LogP contribution in [0, 0.1) is 0 Å². The maximum Gasteiger partial charge on any atom is 0.243 e. The predicted octanol–water partition coefficient (Wildman–Crippen LogP) is 0.790. The fourth-order valence-electron chi connectivity index (χ4n) is 1.49. The van der Waals surface area contributed by atoms with Crippen molar-refractivity contribution in [1.29, 1.82) is 0 Å². The second-order valence-electron chi connectivity index (χ2n) is 4.13. The molecule has 4 heteroatoms. The number of hydrogen-bond donors (Lipinski definition) is 1.